The van der Waals surface area contributed by atoms with Crippen molar-refractivity contribution < 1.29 is 19.0 Å². The van der Waals surface area contributed by atoms with Gasteiger partial charge in [-0.1, -0.05) is 23.7 Å². The minimum Gasteiger partial charge on any atom is -0.380 e. The second kappa shape index (κ2) is 9.73. The van der Waals surface area contributed by atoms with Crippen LogP contribution in [0.15, 0.2) is 24.3 Å². The fourth-order valence-electron chi connectivity index (χ4n) is 1.90. The van der Waals surface area contributed by atoms with E-state index in [-0.39, 0.29) is 6.61 Å². The van der Waals surface area contributed by atoms with E-state index in [1.54, 1.807) is 0 Å². The summed E-state index contributed by atoms with van der Waals surface area (Å²) in [7, 11) is 3.04. The molecule has 1 aromatic rings. The Hall–Kier alpha value is -1.14. The number of rotatable bonds is 10. The largest absolute Gasteiger partial charge is 0.380 e. The average molecular weight is 316 g/mol. The number of amides is 1. The number of nitrogens with two attached hydrogens (primary N) is 1. The highest BCUT2D eigenvalue weighted by atomic mass is 35.5. The van der Waals surface area contributed by atoms with E-state index in [2.05, 4.69) is 0 Å². The normalized spacial score (nSPS) is 12.6. The Morgan fingerprint density at radius 2 is 2.05 bits per heavy atom. The summed E-state index contributed by atoms with van der Waals surface area (Å²) in [6.07, 6.45) is 0.641. The summed E-state index contributed by atoms with van der Waals surface area (Å²) in [6, 6.07) is 7.59. The van der Waals surface area contributed by atoms with E-state index >= 15 is 0 Å². The van der Waals surface area contributed by atoms with E-state index in [1.807, 2.05) is 24.3 Å². The van der Waals surface area contributed by atoms with Crippen molar-refractivity contribution >= 4 is 17.5 Å². The second-order valence-corrected chi connectivity index (χ2v) is 5.13. The number of halogens is 1. The first-order valence-corrected chi connectivity index (χ1v) is 7.11. The molecule has 0 aliphatic rings. The number of primary amides is 1. The lowest BCUT2D eigenvalue weighted by molar-refractivity contribution is -0.138. The summed E-state index contributed by atoms with van der Waals surface area (Å²) in [6.45, 7) is 0.744. The van der Waals surface area contributed by atoms with Gasteiger partial charge in [-0.25, -0.2) is 0 Å². The molecule has 0 bridgehead atoms. The van der Waals surface area contributed by atoms with Gasteiger partial charge in [0.25, 0.3) is 0 Å². The van der Waals surface area contributed by atoms with Gasteiger partial charge >= 0.3 is 0 Å². The SMILES string of the molecule is COC(C[C@H](COCCc1cccc(Cl)c1)C(N)=O)OC. The van der Waals surface area contributed by atoms with Crippen LogP contribution in [0.4, 0.5) is 0 Å². The van der Waals surface area contributed by atoms with E-state index in [9.17, 15) is 4.79 Å². The zero-order valence-electron chi connectivity index (χ0n) is 12.4. The number of hydrogen-bond donors (Lipinski definition) is 1. The summed E-state index contributed by atoms with van der Waals surface area (Å²) in [5, 5.41) is 0.700. The first-order chi connectivity index (χ1) is 10.1. The van der Waals surface area contributed by atoms with Gasteiger partial charge in [-0.15, -0.1) is 0 Å². The van der Waals surface area contributed by atoms with E-state index < -0.39 is 18.1 Å². The third-order valence-electron chi connectivity index (χ3n) is 3.15. The number of carbonyl (C=O) groups is 1. The lowest BCUT2D eigenvalue weighted by Gasteiger charge is -2.19. The van der Waals surface area contributed by atoms with Crippen molar-refractivity contribution in [2.45, 2.75) is 19.1 Å². The Morgan fingerprint density at radius 1 is 1.33 bits per heavy atom. The molecule has 1 atom stereocenters. The minimum atomic E-state index is -0.459. The summed E-state index contributed by atoms with van der Waals surface area (Å²) < 4.78 is 15.7. The summed E-state index contributed by atoms with van der Waals surface area (Å²) in [5.74, 6) is -0.855. The summed E-state index contributed by atoms with van der Waals surface area (Å²) in [4.78, 5) is 11.4. The highest BCUT2D eigenvalue weighted by Gasteiger charge is 2.21. The van der Waals surface area contributed by atoms with Gasteiger partial charge in [-0.05, 0) is 24.1 Å². The van der Waals surface area contributed by atoms with Crippen molar-refractivity contribution in [3.05, 3.63) is 34.9 Å². The molecule has 0 saturated carbocycles. The number of carbonyl (C=O) groups excluding carboxylic acids is 1. The molecule has 0 radical (unpaired) electrons. The van der Waals surface area contributed by atoms with Gasteiger partial charge < -0.3 is 19.9 Å². The van der Waals surface area contributed by atoms with Crippen LogP contribution in [0.3, 0.4) is 0 Å². The number of hydrogen-bond acceptors (Lipinski definition) is 4. The van der Waals surface area contributed by atoms with Gasteiger partial charge in [0.1, 0.15) is 0 Å². The van der Waals surface area contributed by atoms with Crippen molar-refractivity contribution in [3.63, 3.8) is 0 Å². The highest BCUT2D eigenvalue weighted by Crippen LogP contribution is 2.13. The van der Waals surface area contributed by atoms with Crippen LogP contribution < -0.4 is 5.73 Å². The van der Waals surface area contributed by atoms with Crippen LogP contribution in [0.2, 0.25) is 5.02 Å². The van der Waals surface area contributed by atoms with Crippen LogP contribution in [-0.4, -0.2) is 39.6 Å². The Kier molecular flexibility index (Phi) is 8.30. The molecule has 0 aromatic heterocycles. The van der Waals surface area contributed by atoms with Crippen molar-refractivity contribution in [2.75, 3.05) is 27.4 Å². The van der Waals surface area contributed by atoms with Gasteiger partial charge in [-0.3, -0.25) is 4.79 Å². The maximum Gasteiger partial charge on any atom is 0.223 e. The lowest BCUT2D eigenvalue weighted by Crippen LogP contribution is -2.32. The van der Waals surface area contributed by atoms with Gasteiger partial charge in [0.2, 0.25) is 5.91 Å². The second-order valence-electron chi connectivity index (χ2n) is 4.69. The topological polar surface area (TPSA) is 70.8 Å². The van der Waals surface area contributed by atoms with Crippen molar-refractivity contribution in [2.24, 2.45) is 11.7 Å². The van der Waals surface area contributed by atoms with Crippen LogP contribution in [0, 0.1) is 5.92 Å². The van der Waals surface area contributed by atoms with Crippen molar-refractivity contribution in [1.29, 1.82) is 0 Å². The molecule has 0 aliphatic heterocycles. The quantitative estimate of drug-likeness (QED) is 0.529. The minimum absolute atomic E-state index is 0.249. The first kappa shape index (κ1) is 17.9. The predicted molar refractivity (Wildman–Crippen MR) is 81.1 cm³/mol. The smallest absolute Gasteiger partial charge is 0.223 e. The molecule has 21 heavy (non-hydrogen) atoms. The van der Waals surface area contributed by atoms with Crippen LogP contribution in [0.1, 0.15) is 12.0 Å². The Balaban J connectivity index is 2.35. The molecule has 0 heterocycles. The van der Waals surface area contributed by atoms with Crippen LogP contribution >= 0.6 is 11.6 Å². The monoisotopic (exact) mass is 315 g/mol. The third kappa shape index (κ3) is 6.91. The van der Waals surface area contributed by atoms with E-state index in [0.29, 0.717) is 18.1 Å². The number of benzene rings is 1. The van der Waals surface area contributed by atoms with Crippen molar-refractivity contribution in [3.8, 4) is 0 Å². The Bertz CT molecular complexity index is 437. The molecular weight excluding hydrogens is 294 g/mol. The Labute approximate surface area is 130 Å². The fraction of sp³-hybridized carbons (Fsp3) is 0.533. The molecule has 0 fully saturated rings. The van der Waals surface area contributed by atoms with E-state index in [1.165, 1.54) is 14.2 Å². The molecule has 5 nitrogen and oxygen atoms in total. The molecule has 0 aliphatic carbocycles. The molecule has 0 spiro atoms. The highest BCUT2D eigenvalue weighted by molar-refractivity contribution is 6.30. The first-order valence-electron chi connectivity index (χ1n) is 6.74. The molecule has 0 saturated heterocycles. The Morgan fingerprint density at radius 3 is 2.62 bits per heavy atom. The summed E-state index contributed by atoms with van der Waals surface area (Å²) in [5.41, 5.74) is 6.45. The maximum absolute atomic E-state index is 11.4. The molecule has 118 valence electrons. The van der Waals surface area contributed by atoms with Crippen molar-refractivity contribution in [1.82, 2.24) is 0 Å². The molecule has 0 unspecified atom stereocenters. The summed E-state index contributed by atoms with van der Waals surface area (Å²) >= 11 is 5.91. The zero-order valence-corrected chi connectivity index (χ0v) is 13.1. The van der Waals surface area contributed by atoms with Crippen LogP contribution in [-0.2, 0) is 25.4 Å². The van der Waals surface area contributed by atoms with E-state index in [4.69, 9.17) is 31.5 Å². The zero-order chi connectivity index (χ0) is 15.7. The number of methoxy groups -OCH3 is 2. The van der Waals surface area contributed by atoms with Gasteiger partial charge in [0, 0.05) is 25.7 Å². The maximum atomic E-state index is 11.4. The molecule has 1 amide bonds. The van der Waals surface area contributed by atoms with Crippen LogP contribution in [0.5, 0.6) is 0 Å². The third-order valence-corrected chi connectivity index (χ3v) is 3.38. The average Bonchev–Trinajstić information content (AvgIpc) is 2.46. The van der Waals surface area contributed by atoms with Crippen LogP contribution in [0.25, 0.3) is 0 Å². The van der Waals surface area contributed by atoms with Gasteiger partial charge in [-0.2, -0.15) is 0 Å². The molecule has 1 aromatic carbocycles. The predicted octanol–water partition coefficient (Wildman–Crippen LogP) is 2.01. The molecule has 2 N–H and O–H groups in total. The standard InChI is InChI=1S/C15H22ClNO4/c1-19-14(20-2)9-12(15(17)18)10-21-7-6-11-4-3-5-13(16)8-11/h3-5,8,12,14H,6-7,9-10H2,1-2H3,(H2,17,18)/t12-/m1/s1. The fourth-order valence-corrected chi connectivity index (χ4v) is 2.11. The van der Waals surface area contributed by atoms with E-state index in [0.717, 1.165) is 12.0 Å². The lowest BCUT2D eigenvalue weighted by atomic mass is 10.1. The van der Waals surface area contributed by atoms with Gasteiger partial charge in [0.05, 0.1) is 19.1 Å². The molecule has 1 rings (SSSR count). The number of ether oxygens (including phenoxy) is 3. The molecule has 6 heteroatoms. The van der Waals surface area contributed by atoms with Gasteiger partial charge in [0.15, 0.2) is 6.29 Å². The molecular formula is C15H22ClNO4.